The van der Waals surface area contributed by atoms with E-state index in [9.17, 15) is 17.3 Å². The molecule has 0 amide bonds. The summed E-state index contributed by atoms with van der Waals surface area (Å²) in [5.41, 5.74) is 4.09. The number of para-hydroxylation sites is 1. The lowest BCUT2D eigenvalue weighted by Crippen LogP contribution is -2.70. The van der Waals surface area contributed by atoms with E-state index < -0.39 is 7.25 Å². The second-order valence-electron chi connectivity index (χ2n) is 7.37. The molecule has 0 bridgehead atoms. The molecule has 3 aromatic carbocycles. The lowest BCUT2D eigenvalue weighted by Gasteiger charge is -2.20. The van der Waals surface area contributed by atoms with Gasteiger partial charge in [-0.15, -0.1) is 0 Å². The van der Waals surface area contributed by atoms with Crippen molar-refractivity contribution in [3.05, 3.63) is 89.2 Å². The van der Waals surface area contributed by atoms with Gasteiger partial charge in [0, 0.05) is 41.5 Å². The van der Waals surface area contributed by atoms with Gasteiger partial charge in [-0.3, -0.25) is 0 Å². The Kier molecular flexibility index (Phi) is 8.39. The van der Waals surface area contributed by atoms with E-state index in [-0.39, 0.29) is 0 Å². The number of benzene rings is 3. The van der Waals surface area contributed by atoms with Gasteiger partial charge in [-0.05, 0) is 62.4 Å². The van der Waals surface area contributed by atoms with Crippen LogP contribution in [0.3, 0.4) is 0 Å². The molecule has 0 fully saturated rings. The molecule has 0 atom stereocenters. The number of nitrogens with zero attached hydrogens (tertiary/aromatic N) is 1. The Hall–Kier alpha value is -3.26. The molecule has 3 nitrogen and oxygen atoms in total. The molecular formula is C25H24BClF4N2O. The molecule has 9 heteroatoms. The summed E-state index contributed by atoms with van der Waals surface area (Å²) in [6.07, 6.45) is 0. The van der Waals surface area contributed by atoms with Crippen molar-refractivity contribution in [3.8, 4) is 11.3 Å². The standard InChI is InChI=1S/C25H23ClN2O.BF4/c1-3-28(4-2)21-15-13-20(14-16-21)27-23-17-25(18-9-11-19(26)12-10-18)29-24-8-6-5-7-22(23)24;2-1(3,4)5/h5-17H,3-4H2,1-2H3;/q;-1/p+1. The maximum Gasteiger partial charge on any atom is 0.673 e. The van der Waals surface area contributed by atoms with Crippen molar-refractivity contribution < 1.29 is 26.7 Å². The van der Waals surface area contributed by atoms with Crippen molar-refractivity contribution in [2.45, 2.75) is 13.8 Å². The molecule has 0 saturated carbocycles. The van der Waals surface area contributed by atoms with Crippen LogP contribution in [0.5, 0.6) is 0 Å². The zero-order valence-corrected chi connectivity index (χ0v) is 19.5. The number of nitrogens with one attached hydrogen (secondary N) is 1. The van der Waals surface area contributed by atoms with E-state index in [2.05, 4.69) is 54.1 Å². The fourth-order valence-electron chi connectivity index (χ4n) is 3.49. The average Bonchev–Trinajstić information content (AvgIpc) is 2.80. The largest absolute Gasteiger partial charge is 0.673 e. The Balaban J connectivity index is 0.000000588. The van der Waals surface area contributed by atoms with Gasteiger partial charge >= 0.3 is 7.25 Å². The summed E-state index contributed by atoms with van der Waals surface area (Å²) in [7, 11) is -6.00. The molecule has 1 N–H and O–H groups in total. The maximum atomic E-state index is 9.75. The number of halogens is 5. The molecule has 0 aliphatic carbocycles. The first-order valence-corrected chi connectivity index (χ1v) is 11.2. The zero-order chi connectivity index (χ0) is 24.7. The first kappa shape index (κ1) is 25.4. The molecule has 0 aliphatic heterocycles. The number of hydrogen-bond donors (Lipinski definition) is 1. The number of rotatable bonds is 5. The van der Waals surface area contributed by atoms with Crippen LogP contribution < -0.4 is 15.2 Å². The molecule has 4 rings (SSSR count). The fourth-order valence-corrected chi connectivity index (χ4v) is 3.62. The van der Waals surface area contributed by atoms with Crippen LogP contribution in [0.4, 0.5) is 28.6 Å². The zero-order valence-electron chi connectivity index (χ0n) is 18.7. The molecule has 178 valence electrons. The Morgan fingerprint density at radius 3 is 2.03 bits per heavy atom. The van der Waals surface area contributed by atoms with Gasteiger partial charge in [0.1, 0.15) is 11.3 Å². The molecule has 1 heterocycles. The maximum absolute atomic E-state index is 9.75. The molecule has 0 spiro atoms. The minimum absolute atomic E-state index is 0.709. The summed E-state index contributed by atoms with van der Waals surface area (Å²) >= 11 is 6.04. The Labute approximate surface area is 200 Å². The lowest BCUT2D eigenvalue weighted by molar-refractivity contribution is -0.400. The summed E-state index contributed by atoms with van der Waals surface area (Å²) in [4.78, 5) is 5.90. The highest BCUT2D eigenvalue weighted by molar-refractivity contribution is 6.50. The van der Waals surface area contributed by atoms with Crippen LogP contribution in [0, 0.1) is 0 Å². The van der Waals surface area contributed by atoms with Crippen LogP contribution in [-0.4, -0.2) is 20.3 Å². The van der Waals surface area contributed by atoms with E-state index in [1.54, 1.807) is 0 Å². The van der Waals surface area contributed by atoms with Crippen LogP contribution in [0.15, 0.2) is 83.3 Å². The Morgan fingerprint density at radius 1 is 0.853 bits per heavy atom. The van der Waals surface area contributed by atoms with Gasteiger partial charge in [0.25, 0.3) is 0 Å². The summed E-state index contributed by atoms with van der Waals surface area (Å²) in [6, 6.07) is 26.4. The summed E-state index contributed by atoms with van der Waals surface area (Å²) in [5, 5.41) is 2.76. The monoisotopic (exact) mass is 490 g/mol. The van der Waals surface area contributed by atoms with E-state index in [4.69, 9.17) is 16.0 Å². The van der Waals surface area contributed by atoms with Gasteiger partial charge in [0.2, 0.25) is 11.0 Å². The summed E-state index contributed by atoms with van der Waals surface area (Å²) < 4.78 is 45.2. The van der Waals surface area contributed by atoms with Gasteiger partial charge in [-0.1, -0.05) is 23.7 Å². The highest BCUT2D eigenvalue weighted by Crippen LogP contribution is 2.23. The first-order valence-electron chi connectivity index (χ1n) is 10.8. The quantitative estimate of drug-likeness (QED) is 0.266. The third-order valence-electron chi connectivity index (χ3n) is 5.08. The second kappa shape index (κ2) is 11.2. The third-order valence-corrected chi connectivity index (χ3v) is 5.33. The van der Waals surface area contributed by atoms with Crippen LogP contribution in [-0.2, 0) is 0 Å². The number of anilines is 1. The van der Waals surface area contributed by atoms with Crippen LogP contribution in [0.1, 0.15) is 13.8 Å². The Morgan fingerprint density at radius 2 is 1.44 bits per heavy atom. The first-order chi connectivity index (χ1) is 16.2. The predicted octanol–water partition coefficient (Wildman–Crippen LogP) is 6.21. The van der Waals surface area contributed by atoms with Gasteiger partial charge in [0.05, 0.1) is 11.5 Å². The van der Waals surface area contributed by atoms with Gasteiger partial charge in [-0.25, -0.2) is 4.99 Å². The SMILES string of the molecule is CCN(CC)c1ccc([NH+]=c2cc(-c3ccc(Cl)cc3)oc3ccccc23)cc1.F[B-](F)(F)F. The fraction of sp³-hybridized carbons (Fsp3) is 0.160. The van der Waals surface area contributed by atoms with Gasteiger partial charge in [0.15, 0.2) is 0 Å². The van der Waals surface area contributed by atoms with Crippen LogP contribution in [0.25, 0.3) is 22.3 Å². The van der Waals surface area contributed by atoms with E-state index in [0.29, 0.717) is 5.02 Å². The molecule has 1 aromatic heterocycles. The van der Waals surface area contributed by atoms with Crippen molar-refractivity contribution in [3.63, 3.8) is 0 Å². The summed E-state index contributed by atoms with van der Waals surface area (Å²) in [6.45, 7) is 6.35. The predicted molar refractivity (Wildman–Crippen MR) is 131 cm³/mol. The Bertz CT molecular complexity index is 1280. The van der Waals surface area contributed by atoms with Gasteiger partial charge in [-0.2, -0.15) is 0 Å². The normalized spacial score (nSPS) is 11.8. The van der Waals surface area contributed by atoms with Crippen molar-refractivity contribution in [1.29, 1.82) is 0 Å². The molecular weight excluding hydrogens is 467 g/mol. The highest BCUT2D eigenvalue weighted by atomic mass is 35.5. The van der Waals surface area contributed by atoms with Gasteiger partial charge < -0.3 is 26.6 Å². The van der Waals surface area contributed by atoms with E-state index in [0.717, 1.165) is 46.4 Å². The third kappa shape index (κ3) is 7.12. The smallest absolute Gasteiger partial charge is 0.456 e. The van der Waals surface area contributed by atoms with E-state index in [1.807, 2.05) is 48.5 Å². The van der Waals surface area contributed by atoms with Crippen molar-refractivity contribution in [2.75, 3.05) is 18.0 Å². The average molecular weight is 491 g/mol. The summed E-state index contributed by atoms with van der Waals surface area (Å²) in [5.74, 6) is 0.794. The molecule has 0 saturated heterocycles. The topological polar surface area (TPSA) is 30.4 Å². The van der Waals surface area contributed by atoms with Crippen molar-refractivity contribution in [2.24, 2.45) is 0 Å². The minimum atomic E-state index is -6.00. The second-order valence-corrected chi connectivity index (χ2v) is 7.80. The number of hydrogen-bond acceptors (Lipinski definition) is 2. The van der Waals surface area contributed by atoms with Crippen LogP contribution >= 0.6 is 11.6 Å². The van der Waals surface area contributed by atoms with E-state index >= 15 is 0 Å². The van der Waals surface area contributed by atoms with Crippen LogP contribution in [0.2, 0.25) is 5.02 Å². The molecule has 0 unspecified atom stereocenters. The molecule has 0 radical (unpaired) electrons. The van der Waals surface area contributed by atoms with Crippen molar-refractivity contribution >= 4 is 41.2 Å². The lowest BCUT2D eigenvalue weighted by atomic mass is 10.1. The highest BCUT2D eigenvalue weighted by Gasteiger charge is 2.20. The van der Waals surface area contributed by atoms with Crippen molar-refractivity contribution in [1.82, 2.24) is 0 Å². The molecule has 34 heavy (non-hydrogen) atoms. The minimum Gasteiger partial charge on any atom is -0.456 e. The molecule has 0 aliphatic rings. The molecule has 4 aromatic rings. The number of fused-ring (bicyclic) bond motifs is 1. The van der Waals surface area contributed by atoms with E-state index in [1.165, 1.54) is 5.69 Å².